The molecular weight excluding hydrogens is 196 g/mol. The Balaban J connectivity index is 2.16. The summed E-state index contributed by atoms with van der Waals surface area (Å²) in [6.07, 6.45) is 4.22. The zero-order valence-corrected chi connectivity index (χ0v) is 11.7. The molecule has 1 atom stereocenters. The minimum Gasteiger partial charge on any atom is -0.305 e. The molecule has 0 saturated carbocycles. The summed E-state index contributed by atoms with van der Waals surface area (Å²) < 4.78 is 0. The Hall–Kier alpha value is -0.0800. The van der Waals surface area contributed by atoms with Crippen LogP contribution in [0.15, 0.2) is 0 Å². The smallest absolute Gasteiger partial charge is 0.0109 e. The first-order chi connectivity index (χ1) is 7.61. The van der Waals surface area contributed by atoms with E-state index in [4.69, 9.17) is 0 Å². The van der Waals surface area contributed by atoms with Crippen molar-refractivity contribution in [2.75, 3.05) is 39.8 Å². The SMILES string of the molecule is CCC1CCCN(CCN(C)CC(C)C)C1. The van der Waals surface area contributed by atoms with Crippen LogP contribution in [0.25, 0.3) is 0 Å². The molecular formula is C14H30N2. The molecule has 96 valence electrons. The van der Waals surface area contributed by atoms with Crippen LogP contribution in [0.1, 0.15) is 40.0 Å². The molecule has 0 N–H and O–H groups in total. The van der Waals surface area contributed by atoms with Gasteiger partial charge in [0.2, 0.25) is 0 Å². The van der Waals surface area contributed by atoms with E-state index in [9.17, 15) is 0 Å². The van der Waals surface area contributed by atoms with Crippen LogP contribution in [0.5, 0.6) is 0 Å². The van der Waals surface area contributed by atoms with Gasteiger partial charge in [-0.05, 0) is 38.3 Å². The predicted molar refractivity (Wildman–Crippen MR) is 71.8 cm³/mol. The van der Waals surface area contributed by atoms with Crippen molar-refractivity contribution in [1.82, 2.24) is 9.80 Å². The van der Waals surface area contributed by atoms with Gasteiger partial charge in [-0.3, -0.25) is 0 Å². The molecule has 1 aliphatic heterocycles. The van der Waals surface area contributed by atoms with Gasteiger partial charge in [-0.15, -0.1) is 0 Å². The van der Waals surface area contributed by atoms with Crippen LogP contribution in [0.3, 0.4) is 0 Å². The summed E-state index contributed by atoms with van der Waals surface area (Å²) in [5.41, 5.74) is 0. The largest absolute Gasteiger partial charge is 0.305 e. The van der Waals surface area contributed by atoms with E-state index in [2.05, 4.69) is 37.6 Å². The third-order valence-electron chi connectivity index (χ3n) is 3.66. The maximum absolute atomic E-state index is 2.66. The van der Waals surface area contributed by atoms with Gasteiger partial charge in [0.1, 0.15) is 0 Å². The Morgan fingerprint density at radius 2 is 2.12 bits per heavy atom. The van der Waals surface area contributed by atoms with Crippen molar-refractivity contribution in [2.24, 2.45) is 11.8 Å². The zero-order chi connectivity index (χ0) is 12.0. The normalized spacial score (nSPS) is 23.2. The minimum atomic E-state index is 0.787. The molecule has 0 aromatic rings. The number of hydrogen-bond acceptors (Lipinski definition) is 2. The molecule has 0 aromatic carbocycles. The molecule has 1 saturated heterocycles. The van der Waals surface area contributed by atoms with Crippen molar-refractivity contribution in [2.45, 2.75) is 40.0 Å². The average Bonchev–Trinajstić information content (AvgIpc) is 2.26. The van der Waals surface area contributed by atoms with E-state index in [1.165, 1.54) is 52.0 Å². The monoisotopic (exact) mass is 226 g/mol. The molecule has 0 amide bonds. The maximum atomic E-state index is 2.66. The summed E-state index contributed by atoms with van der Waals surface area (Å²) >= 11 is 0. The molecule has 16 heavy (non-hydrogen) atoms. The van der Waals surface area contributed by atoms with Gasteiger partial charge in [0.25, 0.3) is 0 Å². The van der Waals surface area contributed by atoms with Crippen molar-refractivity contribution in [3.05, 3.63) is 0 Å². The highest BCUT2D eigenvalue weighted by Gasteiger charge is 2.18. The fourth-order valence-corrected chi connectivity index (χ4v) is 2.71. The van der Waals surface area contributed by atoms with Crippen LogP contribution in [-0.4, -0.2) is 49.6 Å². The highest BCUT2D eigenvalue weighted by atomic mass is 15.2. The quantitative estimate of drug-likeness (QED) is 0.687. The fourth-order valence-electron chi connectivity index (χ4n) is 2.71. The van der Waals surface area contributed by atoms with Gasteiger partial charge in [-0.1, -0.05) is 27.2 Å². The maximum Gasteiger partial charge on any atom is 0.0109 e. The minimum absolute atomic E-state index is 0.787. The average molecular weight is 226 g/mol. The second kappa shape index (κ2) is 7.29. The molecule has 1 fully saturated rings. The van der Waals surface area contributed by atoms with Crippen molar-refractivity contribution >= 4 is 0 Å². The Bertz CT molecular complexity index is 180. The lowest BCUT2D eigenvalue weighted by Crippen LogP contribution is -2.40. The lowest BCUT2D eigenvalue weighted by molar-refractivity contribution is 0.150. The molecule has 2 nitrogen and oxygen atoms in total. The predicted octanol–water partition coefficient (Wildman–Crippen LogP) is 2.70. The van der Waals surface area contributed by atoms with Crippen LogP contribution in [0.2, 0.25) is 0 Å². The van der Waals surface area contributed by atoms with E-state index >= 15 is 0 Å². The molecule has 1 heterocycles. The van der Waals surface area contributed by atoms with Crippen LogP contribution in [0, 0.1) is 11.8 Å². The van der Waals surface area contributed by atoms with Crippen molar-refractivity contribution in [3.8, 4) is 0 Å². The summed E-state index contributed by atoms with van der Waals surface area (Å²) in [4.78, 5) is 5.13. The van der Waals surface area contributed by atoms with E-state index < -0.39 is 0 Å². The topological polar surface area (TPSA) is 6.48 Å². The lowest BCUT2D eigenvalue weighted by atomic mass is 9.96. The van der Waals surface area contributed by atoms with E-state index in [0.29, 0.717) is 0 Å². The van der Waals surface area contributed by atoms with E-state index in [-0.39, 0.29) is 0 Å². The van der Waals surface area contributed by atoms with Crippen LogP contribution in [-0.2, 0) is 0 Å². The third-order valence-corrected chi connectivity index (χ3v) is 3.66. The zero-order valence-electron chi connectivity index (χ0n) is 11.7. The molecule has 2 heteroatoms. The fraction of sp³-hybridized carbons (Fsp3) is 1.00. The lowest BCUT2D eigenvalue weighted by Gasteiger charge is -2.33. The van der Waals surface area contributed by atoms with Gasteiger partial charge in [0.15, 0.2) is 0 Å². The first-order valence-electron chi connectivity index (χ1n) is 7.02. The first-order valence-corrected chi connectivity index (χ1v) is 7.02. The molecule has 1 rings (SSSR count). The summed E-state index contributed by atoms with van der Waals surface area (Å²) in [6.45, 7) is 13.3. The summed E-state index contributed by atoms with van der Waals surface area (Å²) in [7, 11) is 2.25. The Morgan fingerprint density at radius 3 is 2.75 bits per heavy atom. The van der Waals surface area contributed by atoms with E-state index in [1.54, 1.807) is 0 Å². The molecule has 0 aliphatic carbocycles. The van der Waals surface area contributed by atoms with E-state index in [0.717, 1.165) is 11.8 Å². The number of rotatable bonds is 6. The van der Waals surface area contributed by atoms with E-state index in [1.807, 2.05) is 0 Å². The Labute approximate surface area is 102 Å². The molecule has 0 spiro atoms. The Morgan fingerprint density at radius 1 is 1.38 bits per heavy atom. The van der Waals surface area contributed by atoms with Gasteiger partial charge in [-0.25, -0.2) is 0 Å². The molecule has 0 radical (unpaired) electrons. The van der Waals surface area contributed by atoms with Crippen molar-refractivity contribution in [1.29, 1.82) is 0 Å². The highest BCUT2D eigenvalue weighted by Crippen LogP contribution is 2.18. The third kappa shape index (κ3) is 5.31. The molecule has 1 unspecified atom stereocenters. The Kier molecular flexibility index (Phi) is 6.37. The van der Waals surface area contributed by atoms with Crippen LogP contribution in [0.4, 0.5) is 0 Å². The second-order valence-electron chi connectivity index (χ2n) is 5.87. The van der Waals surface area contributed by atoms with Gasteiger partial charge < -0.3 is 9.80 Å². The van der Waals surface area contributed by atoms with Crippen molar-refractivity contribution in [3.63, 3.8) is 0 Å². The number of hydrogen-bond donors (Lipinski definition) is 0. The highest BCUT2D eigenvalue weighted by molar-refractivity contribution is 4.72. The van der Waals surface area contributed by atoms with Gasteiger partial charge in [-0.2, -0.15) is 0 Å². The number of likely N-dealkylation sites (tertiary alicyclic amines) is 1. The number of piperidine rings is 1. The molecule has 1 aliphatic rings. The second-order valence-corrected chi connectivity index (χ2v) is 5.87. The van der Waals surface area contributed by atoms with Gasteiger partial charge in [0, 0.05) is 26.2 Å². The molecule has 0 bridgehead atoms. The summed E-state index contributed by atoms with van der Waals surface area (Å²) in [6, 6.07) is 0. The first kappa shape index (κ1) is 14.0. The number of nitrogens with zero attached hydrogens (tertiary/aromatic N) is 2. The van der Waals surface area contributed by atoms with Crippen LogP contribution < -0.4 is 0 Å². The number of likely N-dealkylation sites (N-methyl/N-ethyl adjacent to an activating group) is 1. The molecule has 0 aromatic heterocycles. The van der Waals surface area contributed by atoms with Gasteiger partial charge in [0.05, 0.1) is 0 Å². The summed E-state index contributed by atoms with van der Waals surface area (Å²) in [5, 5.41) is 0. The van der Waals surface area contributed by atoms with Gasteiger partial charge >= 0.3 is 0 Å². The standard InChI is InChI=1S/C14H30N2/c1-5-14-7-6-8-16(12-14)10-9-15(4)11-13(2)3/h13-14H,5-12H2,1-4H3. The van der Waals surface area contributed by atoms with Crippen molar-refractivity contribution < 1.29 is 0 Å². The summed E-state index contributed by atoms with van der Waals surface area (Å²) in [5.74, 6) is 1.75. The van der Waals surface area contributed by atoms with Crippen LogP contribution >= 0.6 is 0 Å².